The Bertz CT molecular complexity index is 544. The molecule has 0 fully saturated rings. The molecule has 0 heterocycles. The molecule has 0 aliphatic heterocycles. The van der Waals surface area contributed by atoms with Crippen LogP contribution >= 0.6 is 11.6 Å². The average Bonchev–Trinajstić information content (AvgIpc) is 2.43. The molecule has 0 atom stereocenters. The number of carbonyl (C=O) groups excluding carboxylic acids is 1. The maximum atomic E-state index is 11.9. The second-order valence-electron chi connectivity index (χ2n) is 4.68. The minimum Gasteiger partial charge on any atom is -0.493 e. The van der Waals surface area contributed by atoms with Crippen molar-refractivity contribution in [2.24, 2.45) is 0 Å². The first-order valence-corrected chi connectivity index (χ1v) is 6.65. The number of nitrogens with zero attached hydrogens (tertiary/aromatic N) is 1. The molecular formula is C14H18ClNO5. The van der Waals surface area contributed by atoms with Gasteiger partial charge >= 0.3 is 5.97 Å². The summed E-state index contributed by atoms with van der Waals surface area (Å²) in [7, 11) is 3.01. The first-order valence-electron chi connectivity index (χ1n) is 6.27. The molecule has 7 heteroatoms. The largest absolute Gasteiger partial charge is 0.493 e. The monoisotopic (exact) mass is 315 g/mol. The molecule has 0 saturated heterocycles. The second-order valence-corrected chi connectivity index (χ2v) is 5.11. The zero-order valence-electron chi connectivity index (χ0n) is 12.3. The Balaban J connectivity index is 3.02. The molecule has 1 aromatic carbocycles. The number of rotatable bonds is 6. The topological polar surface area (TPSA) is 76.1 Å². The first kappa shape index (κ1) is 17.1. The fraction of sp³-hybridized carbons (Fsp3) is 0.429. The van der Waals surface area contributed by atoms with Gasteiger partial charge in [0.1, 0.15) is 5.56 Å². The smallest absolute Gasteiger partial charge is 0.339 e. The summed E-state index contributed by atoms with van der Waals surface area (Å²) in [6, 6.07) is 2.70. The van der Waals surface area contributed by atoms with Gasteiger partial charge in [-0.25, -0.2) is 4.79 Å². The number of benzene rings is 1. The number of aromatic carboxylic acids is 1. The maximum absolute atomic E-state index is 11.9. The predicted octanol–water partition coefficient (Wildman–Crippen LogP) is 2.29. The molecule has 0 unspecified atom stereocenters. The van der Waals surface area contributed by atoms with Crippen LogP contribution in [-0.4, -0.2) is 48.7 Å². The molecule has 0 spiro atoms. The molecule has 1 N–H and O–H groups in total. The molecule has 1 amide bonds. The number of likely N-dealkylation sites (N-methyl/N-ethyl adjacent to an activating group) is 1. The summed E-state index contributed by atoms with van der Waals surface area (Å²) < 4.78 is 10.4. The minimum atomic E-state index is -1.21. The summed E-state index contributed by atoms with van der Waals surface area (Å²) >= 11 is 5.83. The number of ether oxygens (including phenoxy) is 2. The summed E-state index contributed by atoms with van der Waals surface area (Å²) in [4.78, 5) is 24.6. The van der Waals surface area contributed by atoms with Gasteiger partial charge in [-0.05, 0) is 19.9 Å². The third-order valence-corrected chi connectivity index (χ3v) is 3.20. The molecular weight excluding hydrogens is 298 g/mol. The summed E-state index contributed by atoms with van der Waals surface area (Å²) in [5, 5.41) is 9.39. The normalized spacial score (nSPS) is 10.4. The third kappa shape index (κ3) is 4.26. The summed E-state index contributed by atoms with van der Waals surface area (Å²) in [5.74, 6) is -1.33. The fourth-order valence-corrected chi connectivity index (χ4v) is 1.76. The Labute approximate surface area is 128 Å². The molecule has 0 radical (unpaired) electrons. The van der Waals surface area contributed by atoms with E-state index in [2.05, 4.69) is 0 Å². The zero-order valence-corrected chi connectivity index (χ0v) is 13.1. The van der Waals surface area contributed by atoms with Crippen molar-refractivity contribution in [1.82, 2.24) is 4.90 Å². The van der Waals surface area contributed by atoms with Crippen molar-refractivity contribution >= 4 is 23.5 Å². The summed E-state index contributed by atoms with van der Waals surface area (Å²) in [6.07, 6.45) is 0. The Kier molecular flexibility index (Phi) is 5.84. The molecule has 1 aromatic rings. The van der Waals surface area contributed by atoms with E-state index in [1.54, 1.807) is 7.05 Å². The van der Waals surface area contributed by atoms with E-state index in [0.717, 1.165) is 0 Å². The van der Waals surface area contributed by atoms with Gasteiger partial charge in [0.15, 0.2) is 18.1 Å². The highest BCUT2D eigenvalue weighted by Gasteiger charge is 2.20. The van der Waals surface area contributed by atoms with Gasteiger partial charge < -0.3 is 19.5 Å². The number of methoxy groups -OCH3 is 1. The quantitative estimate of drug-likeness (QED) is 0.871. The van der Waals surface area contributed by atoms with E-state index in [9.17, 15) is 14.7 Å². The van der Waals surface area contributed by atoms with Gasteiger partial charge in [0.2, 0.25) is 0 Å². The highest BCUT2D eigenvalue weighted by atomic mass is 35.5. The predicted molar refractivity (Wildman–Crippen MR) is 78.4 cm³/mol. The van der Waals surface area contributed by atoms with Crippen LogP contribution in [0.15, 0.2) is 12.1 Å². The van der Waals surface area contributed by atoms with Crippen LogP contribution < -0.4 is 9.47 Å². The molecule has 6 nitrogen and oxygen atoms in total. The van der Waals surface area contributed by atoms with Crippen molar-refractivity contribution in [3.63, 3.8) is 0 Å². The number of carboxylic acids is 1. The van der Waals surface area contributed by atoms with Gasteiger partial charge in [-0.15, -0.1) is 0 Å². The van der Waals surface area contributed by atoms with Gasteiger partial charge in [0.05, 0.1) is 7.11 Å². The zero-order chi connectivity index (χ0) is 16.2. The van der Waals surface area contributed by atoms with E-state index >= 15 is 0 Å². The molecule has 1 rings (SSSR count). The third-order valence-electron chi connectivity index (χ3n) is 2.98. The fourth-order valence-electron chi connectivity index (χ4n) is 1.55. The van der Waals surface area contributed by atoms with Crippen molar-refractivity contribution in [1.29, 1.82) is 0 Å². The number of hydrogen-bond donors (Lipinski definition) is 1. The average molecular weight is 316 g/mol. The van der Waals surface area contributed by atoms with Crippen molar-refractivity contribution in [3.8, 4) is 11.5 Å². The van der Waals surface area contributed by atoms with E-state index in [1.165, 1.54) is 24.1 Å². The molecule has 116 valence electrons. The van der Waals surface area contributed by atoms with Crippen molar-refractivity contribution in [2.45, 2.75) is 19.9 Å². The lowest BCUT2D eigenvalue weighted by Gasteiger charge is -2.22. The lowest BCUT2D eigenvalue weighted by atomic mass is 10.2. The van der Waals surface area contributed by atoms with Gasteiger partial charge in [-0.1, -0.05) is 11.6 Å². The van der Waals surface area contributed by atoms with Crippen molar-refractivity contribution in [2.75, 3.05) is 20.8 Å². The Morgan fingerprint density at radius 2 is 2.00 bits per heavy atom. The van der Waals surface area contributed by atoms with Crippen LogP contribution in [0.5, 0.6) is 11.5 Å². The van der Waals surface area contributed by atoms with Crippen molar-refractivity contribution in [3.05, 3.63) is 22.7 Å². The van der Waals surface area contributed by atoms with E-state index in [0.29, 0.717) is 0 Å². The highest BCUT2D eigenvalue weighted by molar-refractivity contribution is 6.31. The summed E-state index contributed by atoms with van der Waals surface area (Å²) in [6.45, 7) is 3.44. The van der Waals surface area contributed by atoms with Crippen LogP contribution in [0.25, 0.3) is 0 Å². The lowest BCUT2D eigenvalue weighted by molar-refractivity contribution is -0.133. The maximum Gasteiger partial charge on any atom is 0.339 e. The highest BCUT2D eigenvalue weighted by Crippen LogP contribution is 2.34. The van der Waals surface area contributed by atoms with Crippen LogP contribution in [0.4, 0.5) is 0 Å². The molecule has 0 saturated carbocycles. The molecule has 0 aromatic heterocycles. The van der Waals surface area contributed by atoms with Crippen LogP contribution in [0.3, 0.4) is 0 Å². The van der Waals surface area contributed by atoms with E-state index in [4.69, 9.17) is 21.1 Å². The van der Waals surface area contributed by atoms with Crippen molar-refractivity contribution < 1.29 is 24.2 Å². The number of carbonyl (C=O) groups is 2. The van der Waals surface area contributed by atoms with Crippen LogP contribution in [0.1, 0.15) is 24.2 Å². The van der Waals surface area contributed by atoms with E-state index < -0.39 is 5.97 Å². The minimum absolute atomic E-state index is 0.0140. The molecule has 0 aliphatic rings. The van der Waals surface area contributed by atoms with E-state index in [-0.39, 0.29) is 40.6 Å². The molecule has 0 aliphatic carbocycles. The Hall–Kier alpha value is -1.95. The van der Waals surface area contributed by atoms with Gasteiger partial charge in [0.25, 0.3) is 5.91 Å². The Morgan fingerprint density at radius 3 is 2.48 bits per heavy atom. The SMILES string of the molecule is COc1cc(Cl)cc(C(=O)O)c1OCC(=O)N(C)C(C)C. The van der Waals surface area contributed by atoms with Crippen LogP contribution in [0, 0.1) is 0 Å². The van der Waals surface area contributed by atoms with Gasteiger partial charge in [-0.3, -0.25) is 4.79 Å². The molecule has 0 bridgehead atoms. The molecule has 21 heavy (non-hydrogen) atoms. The number of halogens is 1. The Morgan fingerprint density at radius 1 is 1.38 bits per heavy atom. The van der Waals surface area contributed by atoms with Gasteiger partial charge in [0, 0.05) is 24.2 Å². The summed E-state index contributed by atoms with van der Waals surface area (Å²) in [5.41, 5.74) is -0.153. The number of hydrogen-bond acceptors (Lipinski definition) is 4. The van der Waals surface area contributed by atoms with Crippen LogP contribution in [0.2, 0.25) is 5.02 Å². The van der Waals surface area contributed by atoms with E-state index in [1.807, 2.05) is 13.8 Å². The standard InChI is InChI=1S/C14H18ClNO5/c1-8(2)16(3)12(17)7-21-13-10(14(18)19)5-9(15)6-11(13)20-4/h5-6,8H,7H2,1-4H3,(H,18,19). The van der Waals surface area contributed by atoms with Crippen LogP contribution in [-0.2, 0) is 4.79 Å². The van der Waals surface area contributed by atoms with Gasteiger partial charge in [-0.2, -0.15) is 0 Å². The number of amides is 1. The second kappa shape index (κ2) is 7.17. The number of carboxylic acid groups (broad SMARTS) is 1. The lowest BCUT2D eigenvalue weighted by Crippen LogP contribution is -2.36. The first-order chi connectivity index (χ1) is 9.77.